The maximum atomic E-state index is 11.3. The quantitative estimate of drug-likeness (QED) is 0.219. The Morgan fingerprint density at radius 2 is 0.900 bits per heavy atom. The molecular formula is C8H16N10O2. The van der Waals surface area contributed by atoms with Gasteiger partial charge in [0.25, 0.3) is 0 Å². The number of guanidine groups is 4. The van der Waals surface area contributed by atoms with E-state index in [0.29, 0.717) is 0 Å². The van der Waals surface area contributed by atoms with Crippen LogP contribution >= 0.6 is 0 Å². The number of nitrogens with zero attached hydrogens (tertiary/aromatic N) is 4. The summed E-state index contributed by atoms with van der Waals surface area (Å²) in [6, 6.07) is 0. The lowest BCUT2D eigenvalue weighted by Gasteiger charge is -1.96. The molecule has 0 aromatic rings. The third-order valence-corrected chi connectivity index (χ3v) is 1.52. The Morgan fingerprint density at radius 3 is 1.15 bits per heavy atom. The summed E-state index contributed by atoms with van der Waals surface area (Å²) >= 11 is 0. The van der Waals surface area contributed by atoms with Crippen molar-refractivity contribution in [3.8, 4) is 0 Å². The van der Waals surface area contributed by atoms with Crippen LogP contribution in [0.3, 0.4) is 0 Å². The largest absolute Gasteiger partial charge is 0.370 e. The number of hydrogen-bond acceptors (Lipinski definition) is 2. The van der Waals surface area contributed by atoms with Gasteiger partial charge in [-0.2, -0.15) is 20.0 Å². The van der Waals surface area contributed by atoms with E-state index in [1.54, 1.807) is 0 Å². The summed E-state index contributed by atoms with van der Waals surface area (Å²) in [4.78, 5) is 35.9. The number of carbonyl (C=O) groups excluding carboxylic acids is 2. The van der Waals surface area contributed by atoms with Crippen molar-refractivity contribution in [2.75, 3.05) is 0 Å². The van der Waals surface area contributed by atoms with Crippen molar-refractivity contribution in [3.63, 3.8) is 0 Å². The minimum atomic E-state index is -0.698. The van der Waals surface area contributed by atoms with Crippen LogP contribution in [-0.2, 0) is 9.59 Å². The lowest BCUT2D eigenvalue weighted by atomic mass is 10.3. The Labute approximate surface area is 113 Å². The summed E-state index contributed by atoms with van der Waals surface area (Å²) < 4.78 is 0. The molecule has 0 aliphatic carbocycles. The van der Waals surface area contributed by atoms with E-state index in [4.69, 9.17) is 34.4 Å². The first kappa shape index (κ1) is 16.8. The van der Waals surface area contributed by atoms with Gasteiger partial charge in [0.15, 0.2) is 11.9 Å². The number of rotatable bonds is 3. The van der Waals surface area contributed by atoms with Gasteiger partial charge in [-0.3, -0.25) is 9.59 Å². The fraction of sp³-hybridized carbons (Fsp3) is 0.250. The Balaban J connectivity index is 4.44. The average Bonchev–Trinajstić information content (AvgIpc) is 2.23. The number of carbonyl (C=O) groups is 2. The SMILES string of the molecule is NC(N)=NC(N)=NC(=O)CCC(=O)N=C(N)N=C(N)N. The average molecular weight is 284 g/mol. The highest BCUT2D eigenvalue weighted by Gasteiger charge is 2.07. The van der Waals surface area contributed by atoms with Crippen molar-refractivity contribution in [2.24, 2.45) is 54.4 Å². The van der Waals surface area contributed by atoms with E-state index in [1.165, 1.54) is 0 Å². The van der Waals surface area contributed by atoms with Gasteiger partial charge < -0.3 is 34.4 Å². The van der Waals surface area contributed by atoms with Gasteiger partial charge in [-0.15, -0.1) is 0 Å². The monoisotopic (exact) mass is 284 g/mol. The fourth-order valence-corrected chi connectivity index (χ4v) is 0.896. The molecule has 12 heteroatoms. The van der Waals surface area contributed by atoms with Gasteiger partial charge in [0.1, 0.15) is 0 Å². The molecule has 0 spiro atoms. The standard InChI is InChI=1S/C8H16N10O2/c9-5(10)17-7(13)15-3(19)1-2-4(20)16-8(14)18-6(11)12/h1-2H2,(H6,9,10,13,15,17,19)(H6,11,12,14,16,18,20). The second-order valence-corrected chi connectivity index (χ2v) is 3.30. The van der Waals surface area contributed by atoms with Crippen molar-refractivity contribution in [1.82, 2.24) is 0 Å². The van der Waals surface area contributed by atoms with E-state index >= 15 is 0 Å². The third-order valence-electron chi connectivity index (χ3n) is 1.52. The molecule has 0 rings (SSSR count). The highest BCUT2D eigenvalue weighted by molar-refractivity contribution is 6.01. The van der Waals surface area contributed by atoms with Gasteiger partial charge >= 0.3 is 0 Å². The molecule has 2 amide bonds. The maximum absolute atomic E-state index is 11.3. The molecule has 0 aliphatic heterocycles. The van der Waals surface area contributed by atoms with Crippen LogP contribution in [0.2, 0.25) is 0 Å². The molecule has 0 aliphatic rings. The van der Waals surface area contributed by atoms with Crippen LogP contribution in [0.25, 0.3) is 0 Å². The zero-order valence-corrected chi connectivity index (χ0v) is 10.5. The van der Waals surface area contributed by atoms with Gasteiger partial charge in [0.05, 0.1) is 0 Å². The van der Waals surface area contributed by atoms with Gasteiger partial charge in [-0.05, 0) is 0 Å². The summed E-state index contributed by atoms with van der Waals surface area (Å²) in [5.74, 6) is -2.90. The second kappa shape index (κ2) is 8.02. The highest BCUT2D eigenvalue weighted by atomic mass is 16.2. The number of nitrogens with two attached hydrogens (primary N) is 6. The molecule has 0 atom stereocenters. The Hall–Kier alpha value is -3.18. The van der Waals surface area contributed by atoms with E-state index in [0.717, 1.165) is 0 Å². The van der Waals surface area contributed by atoms with Gasteiger partial charge in [-0.25, -0.2) is 0 Å². The number of amides is 2. The lowest BCUT2D eigenvalue weighted by molar-refractivity contribution is -0.122. The van der Waals surface area contributed by atoms with Crippen LogP contribution < -0.4 is 34.4 Å². The molecular weight excluding hydrogens is 268 g/mol. The first-order chi connectivity index (χ1) is 9.20. The molecule has 0 aromatic heterocycles. The van der Waals surface area contributed by atoms with Crippen molar-refractivity contribution in [1.29, 1.82) is 0 Å². The molecule has 110 valence electrons. The van der Waals surface area contributed by atoms with E-state index in [9.17, 15) is 9.59 Å². The predicted octanol–water partition coefficient (Wildman–Crippen LogP) is -4.00. The zero-order chi connectivity index (χ0) is 15.7. The van der Waals surface area contributed by atoms with Gasteiger partial charge in [0.2, 0.25) is 23.7 Å². The third kappa shape index (κ3) is 8.91. The Bertz CT molecular complexity index is 449. The van der Waals surface area contributed by atoms with E-state index < -0.39 is 23.7 Å². The summed E-state index contributed by atoms with van der Waals surface area (Å²) in [5.41, 5.74) is 30.5. The first-order valence-electron chi connectivity index (χ1n) is 5.14. The van der Waals surface area contributed by atoms with Crippen LogP contribution in [0.5, 0.6) is 0 Å². The van der Waals surface area contributed by atoms with E-state index in [-0.39, 0.29) is 24.8 Å². The summed E-state index contributed by atoms with van der Waals surface area (Å²) in [6.07, 6.45) is -0.504. The predicted molar refractivity (Wildman–Crippen MR) is 74.1 cm³/mol. The van der Waals surface area contributed by atoms with Crippen LogP contribution in [-0.4, -0.2) is 35.7 Å². The van der Waals surface area contributed by atoms with Crippen molar-refractivity contribution in [2.45, 2.75) is 12.8 Å². The molecule has 0 bridgehead atoms. The Morgan fingerprint density at radius 1 is 0.600 bits per heavy atom. The molecule has 0 radical (unpaired) electrons. The van der Waals surface area contributed by atoms with Crippen LogP contribution in [0.15, 0.2) is 20.0 Å². The van der Waals surface area contributed by atoms with Gasteiger partial charge in [0, 0.05) is 12.8 Å². The van der Waals surface area contributed by atoms with E-state index in [1.807, 2.05) is 0 Å². The molecule has 12 N–H and O–H groups in total. The van der Waals surface area contributed by atoms with Crippen LogP contribution in [0.4, 0.5) is 0 Å². The maximum Gasteiger partial charge on any atom is 0.249 e. The van der Waals surface area contributed by atoms with E-state index in [2.05, 4.69) is 20.0 Å². The fourth-order valence-electron chi connectivity index (χ4n) is 0.896. The van der Waals surface area contributed by atoms with Crippen molar-refractivity contribution >= 4 is 35.7 Å². The Kier molecular flexibility index (Phi) is 6.74. The molecule has 12 nitrogen and oxygen atoms in total. The van der Waals surface area contributed by atoms with Crippen molar-refractivity contribution in [3.05, 3.63) is 0 Å². The molecule has 0 unspecified atom stereocenters. The zero-order valence-electron chi connectivity index (χ0n) is 10.5. The molecule has 0 aromatic carbocycles. The molecule has 0 heterocycles. The van der Waals surface area contributed by atoms with Crippen LogP contribution in [0.1, 0.15) is 12.8 Å². The number of hydrogen-bond donors (Lipinski definition) is 6. The number of aliphatic imine (C=N–C) groups is 4. The molecule has 0 fully saturated rings. The van der Waals surface area contributed by atoms with Gasteiger partial charge in [-0.1, -0.05) is 0 Å². The highest BCUT2D eigenvalue weighted by Crippen LogP contribution is 1.96. The first-order valence-corrected chi connectivity index (χ1v) is 5.14. The summed E-state index contributed by atoms with van der Waals surface area (Å²) in [5, 5.41) is 0. The summed E-state index contributed by atoms with van der Waals surface area (Å²) in [7, 11) is 0. The molecule has 20 heavy (non-hydrogen) atoms. The minimum absolute atomic E-state index is 0.252. The molecule has 0 saturated heterocycles. The minimum Gasteiger partial charge on any atom is -0.370 e. The second-order valence-electron chi connectivity index (χ2n) is 3.30. The lowest BCUT2D eigenvalue weighted by Crippen LogP contribution is -2.27. The normalized spacial score (nSPS) is 11.6. The smallest absolute Gasteiger partial charge is 0.249 e. The molecule has 0 saturated carbocycles. The van der Waals surface area contributed by atoms with Crippen molar-refractivity contribution < 1.29 is 9.59 Å². The van der Waals surface area contributed by atoms with Crippen LogP contribution in [0, 0.1) is 0 Å². The summed E-state index contributed by atoms with van der Waals surface area (Å²) in [6.45, 7) is 0. The topological polar surface area (TPSA) is 240 Å².